The SMILES string of the molecule is NC(=O)COc1ccc(/C=C/C(=O)N(Cc2cccs2)Cc2cccs2)cc1. The van der Waals surface area contributed by atoms with Crippen LogP contribution in [0.25, 0.3) is 6.08 Å². The van der Waals surface area contributed by atoms with E-state index in [0.29, 0.717) is 18.8 Å². The van der Waals surface area contributed by atoms with Crippen molar-refractivity contribution in [3.63, 3.8) is 0 Å². The molecule has 0 aliphatic carbocycles. The molecule has 5 nitrogen and oxygen atoms in total. The molecule has 0 bridgehead atoms. The van der Waals surface area contributed by atoms with Gasteiger partial charge in [0.25, 0.3) is 5.91 Å². The number of nitrogens with two attached hydrogens (primary N) is 1. The summed E-state index contributed by atoms with van der Waals surface area (Å²) in [6.07, 6.45) is 3.36. The van der Waals surface area contributed by atoms with Gasteiger partial charge in [-0.05, 0) is 46.7 Å². The average Bonchev–Trinajstić information content (AvgIpc) is 3.39. The number of carbonyl (C=O) groups is 2. The third-order valence-corrected chi connectivity index (χ3v) is 5.57. The first-order chi connectivity index (χ1) is 13.6. The van der Waals surface area contributed by atoms with Crippen molar-refractivity contribution in [2.45, 2.75) is 13.1 Å². The summed E-state index contributed by atoms with van der Waals surface area (Å²) in [4.78, 5) is 27.7. The third kappa shape index (κ3) is 6.07. The molecule has 3 rings (SSSR count). The first-order valence-electron chi connectivity index (χ1n) is 8.63. The number of carbonyl (C=O) groups excluding carboxylic acids is 2. The molecule has 0 fully saturated rings. The maximum absolute atomic E-state index is 12.8. The molecule has 2 aromatic heterocycles. The van der Waals surface area contributed by atoms with Crippen molar-refractivity contribution < 1.29 is 14.3 Å². The molecule has 2 N–H and O–H groups in total. The number of ether oxygens (including phenoxy) is 1. The number of thiophene rings is 2. The fourth-order valence-electron chi connectivity index (χ4n) is 2.50. The second-order valence-electron chi connectivity index (χ2n) is 6.01. The quantitative estimate of drug-likeness (QED) is 0.542. The lowest BCUT2D eigenvalue weighted by atomic mass is 10.2. The minimum Gasteiger partial charge on any atom is -0.484 e. The molecule has 0 saturated carbocycles. The first-order valence-corrected chi connectivity index (χ1v) is 10.4. The van der Waals surface area contributed by atoms with Crippen LogP contribution in [0.15, 0.2) is 65.4 Å². The van der Waals surface area contributed by atoms with Crippen molar-refractivity contribution in [2.24, 2.45) is 5.73 Å². The molecular weight excluding hydrogens is 392 g/mol. The van der Waals surface area contributed by atoms with Crippen LogP contribution in [0, 0.1) is 0 Å². The van der Waals surface area contributed by atoms with E-state index >= 15 is 0 Å². The molecule has 2 heterocycles. The number of benzene rings is 1. The van der Waals surface area contributed by atoms with Gasteiger partial charge in [0.2, 0.25) is 5.91 Å². The highest BCUT2D eigenvalue weighted by atomic mass is 32.1. The topological polar surface area (TPSA) is 72.6 Å². The van der Waals surface area contributed by atoms with Crippen molar-refractivity contribution in [3.8, 4) is 5.75 Å². The zero-order chi connectivity index (χ0) is 19.8. The predicted molar refractivity (Wildman–Crippen MR) is 113 cm³/mol. The van der Waals surface area contributed by atoms with E-state index in [1.165, 1.54) is 0 Å². The Morgan fingerprint density at radius 3 is 2.07 bits per heavy atom. The maximum Gasteiger partial charge on any atom is 0.255 e. The maximum atomic E-state index is 12.8. The van der Waals surface area contributed by atoms with Crippen molar-refractivity contribution in [3.05, 3.63) is 80.7 Å². The van der Waals surface area contributed by atoms with Gasteiger partial charge in [-0.25, -0.2) is 0 Å². The molecule has 2 amide bonds. The van der Waals surface area contributed by atoms with Gasteiger partial charge in [-0.1, -0.05) is 24.3 Å². The van der Waals surface area contributed by atoms with E-state index < -0.39 is 5.91 Å². The molecule has 0 saturated heterocycles. The zero-order valence-electron chi connectivity index (χ0n) is 15.1. The van der Waals surface area contributed by atoms with Crippen molar-refractivity contribution in [1.29, 1.82) is 0 Å². The number of rotatable bonds is 9. The Balaban J connectivity index is 1.65. The predicted octanol–water partition coefficient (Wildman–Crippen LogP) is 3.92. The minimum absolute atomic E-state index is 0.0455. The van der Waals surface area contributed by atoms with E-state index in [2.05, 4.69) is 0 Å². The van der Waals surface area contributed by atoms with Crippen LogP contribution in [0.2, 0.25) is 0 Å². The number of amides is 2. The Hall–Kier alpha value is -2.90. The summed E-state index contributed by atoms with van der Waals surface area (Å²) < 4.78 is 5.23. The highest BCUT2D eigenvalue weighted by Gasteiger charge is 2.13. The fraction of sp³-hybridized carbons (Fsp3) is 0.143. The molecule has 28 heavy (non-hydrogen) atoms. The summed E-state index contributed by atoms with van der Waals surface area (Å²) in [6, 6.07) is 15.2. The van der Waals surface area contributed by atoms with Gasteiger partial charge in [-0.15, -0.1) is 22.7 Å². The molecule has 0 atom stereocenters. The lowest BCUT2D eigenvalue weighted by Crippen LogP contribution is -2.27. The third-order valence-electron chi connectivity index (χ3n) is 3.84. The summed E-state index contributed by atoms with van der Waals surface area (Å²) in [7, 11) is 0. The Morgan fingerprint density at radius 2 is 1.57 bits per heavy atom. The Morgan fingerprint density at radius 1 is 0.964 bits per heavy atom. The van der Waals surface area contributed by atoms with Gasteiger partial charge >= 0.3 is 0 Å². The van der Waals surface area contributed by atoms with Crippen LogP contribution in [0.1, 0.15) is 15.3 Å². The number of hydrogen-bond donors (Lipinski definition) is 1. The fourth-order valence-corrected chi connectivity index (χ4v) is 3.93. The first kappa shape index (κ1) is 19.9. The van der Waals surface area contributed by atoms with Gasteiger partial charge in [0, 0.05) is 15.8 Å². The van der Waals surface area contributed by atoms with Crippen molar-refractivity contribution in [1.82, 2.24) is 4.90 Å². The van der Waals surface area contributed by atoms with Crippen LogP contribution in [0.3, 0.4) is 0 Å². The molecule has 0 spiro atoms. The second kappa shape index (κ2) is 9.87. The van der Waals surface area contributed by atoms with E-state index in [0.717, 1.165) is 15.3 Å². The molecular formula is C21H20N2O3S2. The molecule has 0 radical (unpaired) electrons. The van der Waals surface area contributed by atoms with Gasteiger partial charge in [-0.3, -0.25) is 9.59 Å². The summed E-state index contributed by atoms with van der Waals surface area (Å²) in [5, 5.41) is 4.03. The summed E-state index contributed by atoms with van der Waals surface area (Å²) in [6.45, 7) is 1.01. The Labute approximate surface area is 171 Å². The van der Waals surface area contributed by atoms with Gasteiger partial charge in [-0.2, -0.15) is 0 Å². The van der Waals surface area contributed by atoms with E-state index in [-0.39, 0.29) is 12.5 Å². The van der Waals surface area contributed by atoms with Crippen LogP contribution < -0.4 is 10.5 Å². The van der Waals surface area contributed by atoms with Crippen LogP contribution >= 0.6 is 22.7 Å². The molecule has 0 unspecified atom stereocenters. The average molecular weight is 413 g/mol. The highest BCUT2D eigenvalue weighted by molar-refractivity contribution is 7.10. The van der Waals surface area contributed by atoms with Gasteiger partial charge in [0.1, 0.15) is 5.75 Å². The normalized spacial score (nSPS) is 10.9. The second-order valence-corrected chi connectivity index (χ2v) is 8.07. The van der Waals surface area contributed by atoms with E-state index in [1.54, 1.807) is 47.0 Å². The molecule has 3 aromatic rings. The molecule has 144 valence electrons. The standard InChI is InChI=1S/C21H20N2O3S2/c22-20(24)15-26-17-8-5-16(6-9-17)7-10-21(25)23(13-18-3-1-11-27-18)14-19-4-2-12-28-19/h1-12H,13-15H2,(H2,22,24)/b10-7+. The minimum atomic E-state index is -0.522. The Bertz CT molecular complexity index is 881. The lowest BCUT2D eigenvalue weighted by Gasteiger charge is -2.20. The van der Waals surface area contributed by atoms with Crippen LogP contribution in [-0.2, 0) is 22.7 Å². The summed E-state index contributed by atoms with van der Waals surface area (Å²) in [5.41, 5.74) is 5.93. The van der Waals surface area contributed by atoms with Gasteiger partial charge in [0.05, 0.1) is 13.1 Å². The number of hydrogen-bond acceptors (Lipinski definition) is 5. The number of nitrogens with zero attached hydrogens (tertiary/aromatic N) is 1. The monoisotopic (exact) mass is 412 g/mol. The van der Waals surface area contributed by atoms with E-state index in [4.69, 9.17) is 10.5 Å². The zero-order valence-corrected chi connectivity index (χ0v) is 16.7. The molecule has 0 aliphatic heterocycles. The van der Waals surface area contributed by atoms with Crippen molar-refractivity contribution >= 4 is 40.6 Å². The summed E-state index contributed by atoms with van der Waals surface area (Å²) >= 11 is 3.29. The molecule has 1 aromatic carbocycles. The smallest absolute Gasteiger partial charge is 0.255 e. The van der Waals surface area contributed by atoms with E-state index in [1.807, 2.05) is 52.1 Å². The Kier molecular flexibility index (Phi) is 7.00. The molecule has 7 heteroatoms. The lowest BCUT2D eigenvalue weighted by molar-refractivity contribution is -0.127. The number of primary amides is 1. The van der Waals surface area contributed by atoms with Crippen LogP contribution in [0.4, 0.5) is 0 Å². The van der Waals surface area contributed by atoms with E-state index in [9.17, 15) is 9.59 Å². The van der Waals surface area contributed by atoms with Crippen LogP contribution in [0.5, 0.6) is 5.75 Å². The summed E-state index contributed by atoms with van der Waals surface area (Å²) in [5.74, 6) is -0.0127. The largest absolute Gasteiger partial charge is 0.484 e. The highest BCUT2D eigenvalue weighted by Crippen LogP contribution is 2.18. The van der Waals surface area contributed by atoms with Crippen molar-refractivity contribution in [2.75, 3.05) is 6.61 Å². The van der Waals surface area contributed by atoms with Gasteiger partial charge in [0.15, 0.2) is 6.61 Å². The van der Waals surface area contributed by atoms with Gasteiger partial charge < -0.3 is 15.4 Å². The molecule has 0 aliphatic rings. The van der Waals surface area contributed by atoms with Crippen LogP contribution in [-0.4, -0.2) is 23.3 Å².